The molecule has 1 saturated heterocycles. The van der Waals surface area contributed by atoms with Crippen LogP contribution >= 0.6 is 0 Å². The van der Waals surface area contributed by atoms with Gasteiger partial charge >= 0.3 is 12.3 Å². The third-order valence-corrected chi connectivity index (χ3v) is 3.87. The van der Waals surface area contributed by atoms with Crippen LogP contribution in [0.1, 0.15) is 12.0 Å². The minimum atomic E-state index is -4.44. The van der Waals surface area contributed by atoms with Crippen molar-refractivity contribution in [2.24, 2.45) is 11.8 Å². The zero-order chi connectivity index (χ0) is 16.2. The molecule has 2 unspecified atom stereocenters. The highest BCUT2D eigenvalue weighted by Gasteiger charge is 2.48. The van der Waals surface area contributed by atoms with E-state index in [1.165, 1.54) is 0 Å². The number of halogens is 3. The molecule has 0 saturated carbocycles. The van der Waals surface area contributed by atoms with Crippen molar-refractivity contribution in [3.05, 3.63) is 35.9 Å². The molecule has 1 amide bonds. The topological polar surface area (TPSA) is 49.8 Å². The number of aliphatic hydroxyl groups is 1. The molecule has 1 aromatic rings. The maximum Gasteiger partial charge on any atom is 0.410 e. The molecule has 1 N–H and O–H groups in total. The van der Waals surface area contributed by atoms with Crippen molar-refractivity contribution < 1.29 is 27.8 Å². The Bertz CT molecular complexity index is 493. The summed E-state index contributed by atoms with van der Waals surface area (Å²) in [5.41, 5.74) is 0.772. The molecule has 1 aromatic carbocycles. The zero-order valence-corrected chi connectivity index (χ0v) is 11.9. The summed E-state index contributed by atoms with van der Waals surface area (Å²) >= 11 is 0. The molecule has 22 heavy (non-hydrogen) atoms. The second-order valence-corrected chi connectivity index (χ2v) is 5.37. The molecule has 1 fully saturated rings. The third kappa shape index (κ3) is 4.13. The van der Waals surface area contributed by atoms with Gasteiger partial charge < -0.3 is 14.7 Å². The summed E-state index contributed by atoms with van der Waals surface area (Å²) in [5, 5.41) is 9.07. The van der Waals surface area contributed by atoms with E-state index in [0.717, 1.165) is 10.5 Å². The number of benzene rings is 1. The van der Waals surface area contributed by atoms with Crippen LogP contribution in [0.3, 0.4) is 0 Å². The van der Waals surface area contributed by atoms with E-state index in [1.54, 1.807) is 24.3 Å². The summed E-state index contributed by atoms with van der Waals surface area (Å²) < 4.78 is 44.0. The third-order valence-electron chi connectivity index (χ3n) is 3.87. The average molecular weight is 317 g/mol. The number of carbonyl (C=O) groups is 1. The molecule has 0 aliphatic carbocycles. The first-order valence-electron chi connectivity index (χ1n) is 7.05. The Morgan fingerprint density at radius 2 is 2.00 bits per heavy atom. The highest BCUT2D eigenvalue weighted by atomic mass is 19.4. The van der Waals surface area contributed by atoms with Crippen molar-refractivity contribution >= 4 is 6.09 Å². The number of ether oxygens (including phenoxy) is 1. The predicted octanol–water partition coefficient (Wildman–Crippen LogP) is 2.82. The molecule has 1 aliphatic heterocycles. The van der Waals surface area contributed by atoms with Gasteiger partial charge in [0.15, 0.2) is 0 Å². The lowest BCUT2D eigenvalue weighted by atomic mass is 9.86. The molecule has 2 atom stereocenters. The molecule has 1 aliphatic rings. The lowest BCUT2D eigenvalue weighted by Gasteiger charge is -2.38. The van der Waals surface area contributed by atoms with E-state index in [4.69, 9.17) is 9.84 Å². The quantitative estimate of drug-likeness (QED) is 0.932. The fraction of sp³-hybridized carbons (Fsp3) is 0.533. The Hall–Kier alpha value is -1.76. The van der Waals surface area contributed by atoms with Gasteiger partial charge in [0.2, 0.25) is 0 Å². The fourth-order valence-electron chi connectivity index (χ4n) is 2.57. The number of likely N-dealkylation sites (tertiary alicyclic amines) is 1. The van der Waals surface area contributed by atoms with Gasteiger partial charge in [-0.1, -0.05) is 30.3 Å². The molecule has 4 nitrogen and oxygen atoms in total. The Morgan fingerprint density at radius 3 is 2.59 bits per heavy atom. The van der Waals surface area contributed by atoms with Crippen LogP contribution in [0.5, 0.6) is 0 Å². The number of alkyl halides is 3. The number of piperidine rings is 1. The largest absolute Gasteiger partial charge is 0.445 e. The second kappa shape index (κ2) is 7.00. The predicted molar refractivity (Wildman–Crippen MR) is 72.9 cm³/mol. The fourth-order valence-corrected chi connectivity index (χ4v) is 2.57. The van der Waals surface area contributed by atoms with Gasteiger partial charge in [-0.2, -0.15) is 13.2 Å². The summed E-state index contributed by atoms with van der Waals surface area (Å²) in [6, 6.07) is 8.93. The van der Waals surface area contributed by atoms with E-state index >= 15 is 0 Å². The highest BCUT2D eigenvalue weighted by Crippen LogP contribution is 2.37. The van der Waals surface area contributed by atoms with Crippen LogP contribution < -0.4 is 0 Å². The smallest absolute Gasteiger partial charge is 0.410 e. The Morgan fingerprint density at radius 1 is 1.32 bits per heavy atom. The zero-order valence-electron chi connectivity index (χ0n) is 11.9. The number of hydrogen-bond acceptors (Lipinski definition) is 3. The molecule has 0 bridgehead atoms. The number of carbonyl (C=O) groups excluding carboxylic acids is 1. The van der Waals surface area contributed by atoms with E-state index < -0.39 is 37.3 Å². The van der Waals surface area contributed by atoms with Crippen LogP contribution in [0.25, 0.3) is 0 Å². The minimum absolute atomic E-state index is 0.0241. The number of rotatable bonds is 3. The lowest BCUT2D eigenvalue weighted by molar-refractivity contribution is -0.203. The first-order chi connectivity index (χ1) is 10.4. The van der Waals surface area contributed by atoms with Crippen molar-refractivity contribution in [1.82, 2.24) is 4.90 Å². The van der Waals surface area contributed by atoms with Gasteiger partial charge in [-0.3, -0.25) is 0 Å². The van der Waals surface area contributed by atoms with Crippen LogP contribution in [0.2, 0.25) is 0 Å². The van der Waals surface area contributed by atoms with Gasteiger partial charge in [0.25, 0.3) is 0 Å². The Labute approximate surface area is 126 Å². The standard InChI is InChI=1S/C15H18F3NO3/c16-15(17,18)13-8-19(7-6-12(13)9-20)14(21)22-10-11-4-2-1-3-5-11/h1-5,12-13,20H,6-10H2. The van der Waals surface area contributed by atoms with Crippen LogP contribution in [-0.4, -0.2) is 42.0 Å². The normalized spacial score (nSPS) is 22.5. The maximum absolute atomic E-state index is 13.0. The van der Waals surface area contributed by atoms with Crippen molar-refractivity contribution in [2.45, 2.75) is 19.2 Å². The molecule has 0 spiro atoms. The summed E-state index contributed by atoms with van der Waals surface area (Å²) in [4.78, 5) is 13.0. The number of aliphatic hydroxyl groups excluding tert-OH is 1. The molecular formula is C15H18F3NO3. The minimum Gasteiger partial charge on any atom is -0.445 e. The van der Waals surface area contributed by atoms with E-state index in [9.17, 15) is 18.0 Å². The second-order valence-electron chi connectivity index (χ2n) is 5.37. The summed E-state index contributed by atoms with van der Waals surface area (Å²) in [6.45, 7) is -0.818. The summed E-state index contributed by atoms with van der Waals surface area (Å²) in [7, 11) is 0. The Balaban J connectivity index is 1.93. The lowest BCUT2D eigenvalue weighted by Crippen LogP contribution is -2.49. The van der Waals surface area contributed by atoms with Gasteiger partial charge in [0, 0.05) is 19.7 Å². The molecule has 7 heteroatoms. The number of nitrogens with zero attached hydrogens (tertiary/aromatic N) is 1. The average Bonchev–Trinajstić information content (AvgIpc) is 2.52. The van der Waals surface area contributed by atoms with E-state index in [-0.39, 0.29) is 19.6 Å². The molecule has 2 rings (SSSR count). The first kappa shape index (κ1) is 16.6. The Kier molecular flexibility index (Phi) is 5.28. The van der Waals surface area contributed by atoms with Gasteiger partial charge in [0.05, 0.1) is 5.92 Å². The SMILES string of the molecule is O=C(OCc1ccccc1)N1CCC(CO)C(C(F)(F)F)C1. The van der Waals surface area contributed by atoms with Crippen molar-refractivity contribution in [3.8, 4) is 0 Å². The van der Waals surface area contributed by atoms with Crippen molar-refractivity contribution in [1.29, 1.82) is 0 Å². The number of amides is 1. The monoisotopic (exact) mass is 317 g/mol. The summed E-state index contributed by atoms with van der Waals surface area (Å²) in [5.74, 6) is -2.58. The van der Waals surface area contributed by atoms with Gasteiger partial charge in [-0.05, 0) is 17.9 Å². The van der Waals surface area contributed by atoms with Crippen LogP contribution in [0.4, 0.5) is 18.0 Å². The maximum atomic E-state index is 13.0. The van der Waals surface area contributed by atoms with E-state index in [1.807, 2.05) is 6.07 Å². The molecule has 0 radical (unpaired) electrons. The van der Waals surface area contributed by atoms with Crippen molar-refractivity contribution in [2.75, 3.05) is 19.7 Å². The highest BCUT2D eigenvalue weighted by molar-refractivity contribution is 5.67. The van der Waals surface area contributed by atoms with Gasteiger partial charge in [0.1, 0.15) is 6.61 Å². The van der Waals surface area contributed by atoms with Crippen LogP contribution in [0, 0.1) is 11.8 Å². The van der Waals surface area contributed by atoms with Crippen LogP contribution in [0.15, 0.2) is 30.3 Å². The van der Waals surface area contributed by atoms with E-state index in [2.05, 4.69) is 0 Å². The molecule has 1 heterocycles. The molecular weight excluding hydrogens is 299 g/mol. The summed E-state index contributed by atoms with van der Waals surface area (Å²) in [6.07, 6.45) is -5.08. The van der Waals surface area contributed by atoms with E-state index in [0.29, 0.717) is 0 Å². The van der Waals surface area contributed by atoms with Gasteiger partial charge in [-0.15, -0.1) is 0 Å². The first-order valence-corrected chi connectivity index (χ1v) is 7.05. The number of hydrogen-bond donors (Lipinski definition) is 1. The molecule has 122 valence electrons. The van der Waals surface area contributed by atoms with Crippen molar-refractivity contribution in [3.63, 3.8) is 0 Å². The van der Waals surface area contributed by atoms with Crippen LogP contribution in [-0.2, 0) is 11.3 Å². The molecule has 0 aromatic heterocycles. The van der Waals surface area contributed by atoms with Gasteiger partial charge in [-0.25, -0.2) is 4.79 Å².